The van der Waals surface area contributed by atoms with Crippen LogP contribution in [0.4, 0.5) is 5.69 Å². The SMILES string of the molecule is Cc1nccc(OC2CCN(C(=O)c3ccc(Cl)c([N+](=O)[O-])c3)CC2)n1. The molecular formula is C17H17ClN4O4. The number of halogens is 1. The van der Waals surface area contributed by atoms with Gasteiger partial charge in [-0.1, -0.05) is 11.6 Å². The number of piperidine rings is 1. The first-order valence-corrected chi connectivity index (χ1v) is 8.51. The van der Waals surface area contributed by atoms with Gasteiger partial charge in [-0.05, 0) is 19.1 Å². The lowest BCUT2D eigenvalue weighted by atomic mass is 10.1. The largest absolute Gasteiger partial charge is 0.474 e. The molecule has 2 heterocycles. The molecule has 0 spiro atoms. The van der Waals surface area contributed by atoms with E-state index in [1.54, 1.807) is 24.1 Å². The molecule has 1 aliphatic rings. The average molecular weight is 377 g/mol. The number of rotatable bonds is 4. The summed E-state index contributed by atoms with van der Waals surface area (Å²) in [5.74, 6) is 0.913. The Morgan fingerprint density at radius 2 is 2.08 bits per heavy atom. The van der Waals surface area contributed by atoms with Gasteiger partial charge in [0.15, 0.2) is 0 Å². The third-order valence-electron chi connectivity index (χ3n) is 4.16. The Kier molecular flexibility index (Phi) is 5.32. The van der Waals surface area contributed by atoms with E-state index < -0.39 is 4.92 Å². The van der Waals surface area contributed by atoms with Crippen LogP contribution < -0.4 is 4.74 Å². The van der Waals surface area contributed by atoms with Gasteiger partial charge in [0.25, 0.3) is 11.6 Å². The maximum absolute atomic E-state index is 12.6. The van der Waals surface area contributed by atoms with E-state index in [9.17, 15) is 14.9 Å². The minimum absolute atomic E-state index is 0.0128. The predicted molar refractivity (Wildman–Crippen MR) is 94.4 cm³/mol. The van der Waals surface area contributed by atoms with E-state index in [1.165, 1.54) is 18.2 Å². The van der Waals surface area contributed by atoms with E-state index in [2.05, 4.69) is 9.97 Å². The minimum Gasteiger partial charge on any atom is -0.474 e. The molecule has 8 nitrogen and oxygen atoms in total. The van der Waals surface area contributed by atoms with Crippen LogP contribution in [0.2, 0.25) is 5.02 Å². The number of likely N-dealkylation sites (tertiary alicyclic amines) is 1. The lowest BCUT2D eigenvalue weighted by Gasteiger charge is -2.32. The highest BCUT2D eigenvalue weighted by Crippen LogP contribution is 2.26. The van der Waals surface area contributed by atoms with Crippen molar-refractivity contribution >= 4 is 23.2 Å². The first-order chi connectivity index (χ1) is 12.4. The molecule has 0 saturated carbocycles. The second-order valence-electron chi connectivity index (χ2n) is 5.97. The normalized spacial score (nSPS) is 14.9. The van der Waals surface area contributed by atoms with E-state index in [-0.39, 0.29) is 28.3 Å². The molecule has 26 heavy (non-hydrogen) atoms. The molecule has 0 bridgehead atoms. The van der Waals surface area contributed by atoms with Crippen molar-refractivity contribution < 1.29 is 14.5 Å². The molecule has 1 fully saturated rings. The molecule has 0 N–H and O–H groups in total. The molecule has 1 saturated heterocycles. The number of nitro groups is 1. The van der Waals surface area contributed by atoms with Gasteiger partial charge in [0.05, 0.1) is 4.92 Å². The van der Waals surface area contributed by atoms with Gasteiger partial charge in [0.2, 0.25) is 5.88 Å². The summed E-state index contributed by atoms with van der Waals surface area (Å²) in [6, 6.07) is 5.80. The van der Waals surface area contributed by atoms with E-state index >= 15 is 0 Å². The number of aryl methyl sites for hydroxylation is 1. The van der Waals surface area contributed by atoms with Gasteiger partial charge >= 0.3 is 0 Å². The van der Waals surface area contributed by atoms with Gasteiger partial charge in [0, 0.05) is 49.8 Å². The summed E-state index contributed by atoms with van der Waals surface area (Å²) in [6.07, 6.45) is 2.92. The Morgan fingerprint density at radius 3 is 2.73 bits per heavy atom. The van der Waals surface area contributed by atoms with Crippen LogP contribution in [0.3, 0.4) is 0 Å². The number of nitro benzene ring substituents is 1. The van der Waals surface area contributed by atoms with Crippen molar-refractivity contribution in [1.29, 1.82) is 0 Å². The molecule has 0 radical (unpaired) electrons. The lowest BCUT2D eigenvalue weighted by molar-refractivity contribution is -0.384. The number of carbonyl (C=O) groups is 1. The number of hydrogen-bond donors (Lipinski definition) is 0. The van der Waals surface area contributed by atoms with Crippen LogP contribution in [-0.4, -0.2) is 44.9 Å². The zero-order valence-electron chi connectivity index (χ0n) is 14.1. The maximum Gasteiger partial charge on any atom is 0.288 e. The van der Waals surface area contributed by atoms with Crippen LogP contribution in [0.25, 0.3) is 0 Å². The van der Waals surface area contributed by atoms with Crippen LogP contribution in [-0.2, 0) is 0 Å². The van der Waals surface area contributed by atoms with Crippen molar-refractivity contribution in [3.8, 4) is 5.88 Å². The molecule has 9 heteroatoms. The van der Waals surface area contributed by atoms with Gasteiger partial charge in [-0.15, -0.1) is 0 Å². The minimum atomic E-state index is -0.594. The first-order valence-electron chi connectivity index (χ1n) is 8.13. The highest BCUT2D eigenvalue weighted by Gasteiger charge is 2.26. The zero-order chi connectivity index (χ0) is 18.7. The molecule has 2 aromatic rings. The molecule has 0 unspecified atom stereocenters. The van der Waals surface area contributed by atoms with E-state index in [0.29, 0.717) is 37.6 Å². The molecule has 1 amide bonds. The summed E-state index contributed by atoms with van der Waals surface area (Å²) in [5, 5.41) is 11.0. The van der Waals surface area contributed by atoms with Gasteiger partial charge in [-0.25, -0.2) is 4.98 Å². The van der Waals surface area contributed by atoms with Gasteiger partial charge in [-0.3, -0.25) is 14.9 Å². The van der Waals surface area contributed by atoms with E-state index in [0.717, 1.165) is 0 Å². The van der Waals surface area contributed by atoms with Crippen LogP contribution in [0.5, 0.6) is 5.88 Å². The second kappa shape index (κ2) is 7.65. The first kappa shape index (κ1) is 18.1. The van der Waals surface area contributed by atoms with Crippen molar-refractivity contribution in [3.63, 3.8) is 0 Å². The summed E-state index contributed by atoms with van der Waals surface area (Å²) < 4.78 is 5.84. The van der Waals surface area contributed by atoms with Crippen LogP contribution in [0.15, 0.2) is 30.5 Å². The zero-order valence-corrected chi connectivity index (χ0v) is 14.8. The van der Waals surface area contributed by atoms with Crippen LogP contribution >= 0.6 is 11.6 Å². The Bertz CT molecular complexity index is 837. The number of benzene rings is 1. The van der Waals surface area contributed by atoms with Crippen molar-refractivity contribution in [2.75, 3.05) is 13.1 Å². The van der Waals surface area contributed by atoms with Gasteiger partial charge in [0.1, 0.15) is 17.0 Å². The number of aromatic nitrogens is 2. The number of nitrogens with zero attached hydrogens (tertiary/aromatic N) is 4. The Labute approximate surface area is 154 Å². The Hall–Kier alpha value is -2.74. The fraction of sp³-hybridized carbons (Fsp3) is 0.353. The smallest absolute Gasteiger partial charge is 0.288 e. The lowest BCUT2D eigenvalue weighted by Crippen LogP contribution is -2.41. The summed E-state index contributed by atoms with van der Waals surface area (Å²) in [5.41, 5.74) is -0.0123. The molecule has 0 aliphatic carbocycles. The Morgan fingerprint density at radius 1 is 1.35 bits per heavy atom. The number of hydrogen-bond acceptors (Lipinski definition) is 6. The third kappa shape index (κ3) is 4.08. The molecule has 1 aromatic heterocycles. The van der Waals surface area contributed by atoms with Crippen molar-refractivity contribution in [2.24, 2.45) is 0 Å². The standard InChI is InChI=1S/C17H17ClN4O4/c1-11-19-7-4-16(20-11)26-13-5-8-21(9-6-13)17(23)12-2-3-14(18)15(10-12)22(24)25/h2-4,7,10,13H,5-6,8-9H2,1H3. The maximum atomic E-state index is 12.6. The summed E-state index contributed by atoms with van der Waals surface area (Å²) >= 11 is 5.80. The molecule has 1 aliphatic heterocycles. The monoisotopic (exact) mass is 376 g/mol. The highest BCUT2D eigenvalue weighted by molar-refractivity contribution is 6.32. The van der Waals surface area contributed by atoms with Gasteiger partial charge < -0.3 is 9.64 Å². The topological polar surface area (TPSA) is 98.5 Å². The van der Waals surface area contributed by atoms with Crippen molar-refractivity contribution in [3.05, 3.63) is 57.0 Å². The van der Waals surface area contributed by atoms with Crippen molar-refractivity contribution in [2.45, 2.75) is 25.9 Å². The highest BCUT2D eigenvalue weighted by atomic mass is 35.5. The van der Waals surface area contributed by atoms with E-state index in [1.807, 2.05) is 0 Å². The van der Waals surface area contributed by atoms with Crippen LogP contribution in [0, 0.1) is 17.0 Å². The predicted octanol–water partition coefficient (Wildman–Crippen LogP) is 3.03. The summed E-state index contributed by atoms with van der Waals surface area (Å²) in [6.45, 7) is 2.80. The number of carbonyl (C=O) groups excluding carboxylic acids is 1. The average Bonchev–Trinajstić information content (AvgIpc) is 2.62. The number of amides is 1. The quantitative estimate of drug-likeness (QED) is 0.600. The third-order valence-corrected chi connectivity index (χ3v) is 4.48. The second-order valence-corrected chi connectivity index (χ2v) is 6.38. The molecule has 3 rings (SSSR count). The summed E-state index contributed by atoms with van der Waals surface area (Å²) in [7, 11) is 0. The molecular weight excluding hydrogens is 360 g/mol. The fourth-order valence-electron chi connectivity index (χ4n) is 2.82. The molecule has 136 valence electrons. The van der Waals surface area contributed by atoms with E-state index in [4.69, 9.17) is 16.3 Å². The number of ether oxygens (including phenoxy) is 1. The summed E-state index contributed by atoms with van der Waals surface area (Å²) in [4.78, 5) is 32.9. The molecule has 1 aromatic carbocycles. The van der Waals surface area contributed by atoms with Gasteiger partial charge in [-0.2, -0.15) is 4.98 Å². The fourth-order valence-corrected chi connectivity index (χ4v) is 3.00. The molecule has 0 atom stereocenters. The van der Waals surface area contributed by atoms with Crippen LogP contribution in [0.1, 0.15) is 29.0 Å². The Balaban J connectivity index is 1.62. The van der Waals surface area contributed by atoms with Crippen molar-refractivity contribution in [1.82, 2.24) is 14.9 Å².